The number of rotatable bonds is 4. The molecule has 0 bridgehead atoms. The summed E-state index contributed by atoms with van der Waals surface area (Å²) in [6.45, 7) is 8.88. The Labute approximate surface area is 132 Å². The summed E-state index contributed by atoms with van der Waals surface area (Å²) in [5, 5.41) is 4.42. The number of nitrogens with zero attached hydrogens (tertiary/aromatic N) is 4. The standard InChI is InChI=1S/C18H24N4/c1-17(2,21-10-6-7-11-21)15-13-16(20(5)14-15)18(3,4)22-12-8-9-19-22/h6-14H,1-5H3. The molecule has 0 aliphatic heterocycles. The van der Waals surface area contributed by atoms with E-state index < -0.39 is 0 Å². The highest BCUT2D eigenvalue weighted by Crippen LogP contribution is 2.32. The van der Waals surface area contributed by atoms with Crippen LogP contribution in [0.1, 0.15) is 39.0 Å². The van der Waals surface area contributed by atoms with E-state index in [0.717, 1.165) is 0 Å². The van der Waals surface area contributed by atoms with Gasteiger partial charge >= 0.3 is 0 Å². The number of aromatic nitrogens is 4. The zero-order valence-corrected chi connectivity index (χ0v) is 14.0. The first-order chi connectivity index (χ1) is 10.3. The van der Waals surface area contributed by atoms with Gasteiger partial charge in [0.1, 0.15) is 0 Å². The van der Waals surface area contributed by atoms with Crippen LogP contribution in [0.3, 0.4) is 0 Å². The monoisotopic (exact) mass is 296 g/mol. The minimum atomic E-state index is -0.191. The van der Waals surface area contributed by atoms with Crippen molar-refractivity contribution in [1.82, 2.24) is 18.9 Å². The highest BCUT2D eigenvalue weighted by atomic mass is 15.3. The van der Waals surface area contributed by atoms with Crippen LogP contribution in [0.2, 0.25) is 0 Å². The van der Waals surface area contributed by atoms with Crippen LogP contribution in [0.15, 0.2) is 55.2 Å². The maximum absolute atomic E-state index is 4.42. The molecule has 22 heavy (non-hydrogen) atoms. The molecule has 0 aromatic carbocycles. The van der Waals surface area contributed by atoms with Crippen molar-refractivity contribution in [2.45, 2.75) is 38.8 Å². The zero-order valence-electron chi connectivity index (χ0n) is 14.0. The van der Waals surface area contributed by atoms with E-state index in [1.54, 1.807) is 0 Å². The highest BCUT2D eigenvalue weighted by molar-refractivity contribution is 5.31. The number of hydrogen-bond donors (Lipinski definition) is 0. The summed E-state index contributed by atoms with van der Waals surface area (Å²) in [4.78, 5) is 0. The minimum absolute atomic E-state index is 0.0836. The van der Waals surface area contributed by atoms with Crippen molar-refractivity contribution >= 4 is 0 Å². The highest BCUT2D eigenvalue weighted by Gasteiger charge is 2.30. The van der Waals surface area contributed by atoms with Crippen molar-refractivity contribution in [2.24, 2.45) is 7.05 Å². The molecule has 0 fully saturated rings. The second-order valence-electron chi connectivity index (χ2n) is 6.88. The van der Waals surface area contributed by atoms with Gasteiger partial charge < -0.3 is 9.13 Å². The summed E-state index contributed by atoms with van der Waals surface area (Å²) >= 11 is 0. The molecule has 0 spiro atoms. The Balaban J connectivity index is 2.05. The summed E-state index contributed by atoms with van der Waals surface area (Å²) in [5.74, 6) is 0. The maximum atomic E-state index is 4.42. The summed E-state index contributed by atoms with van der Waals surface area (Å²) in [5.41, 5.74) is 2.26. The Bertz CT molecular complexity index is 743. The predicted molar refractivity (Wildman–Crippen MR) is 88.9 cm³/mol. The van der Waals surface area contributed by atoms with E-state index in [2.05, 4.69) is 85.8 Å². The average molecular weight is 296 g/mol. The van der Waals surface area contributed by atoms with Gasteiger partial charge in [0.2, 0.25) is 0 Å². The first kappa shape index (κ1) is 14.7. The van der Waals surface area contributed by atoms with E-state index in [1.807, 2.05) is 23.1 Å². The van der Waals surface area contributed by atoms with Crippen molar-refractivity contribution in [1.29, 1.82) is 0 Å². The molecule has 0 atom stereocenters. The second-order valence-corrected chi connectivity index (χ2v) is 6.88. The lowest BCUT2D eigenvalue weighted by Crippen LogP contribution is -2.30. The third kappa shape index (κ3) is 2.19. The molecule has 0 saturated heterocycles. The van der Waals surface area contributed by atoms with Crippen LogP contribution in [0.5, 0.6) is 0 Å². The Morgan fingerprint density at radius 3 is 2.18 bits per heavy atom. The van der Waals surface area contributed by atoms with Gasteiger partial charge in [-0.1, -0.05) is 0 Å². The van der Waals surface area contributed by atoms with Crippen LogP contribution in [0, 0.1) is 0 Å². The number of aryl methyl sites for hydroxylation is 1. The Morgan fingerprint density at radius 2 is 1.59 bits per heavy atom. The van der Waals surface area contributed by atoms with Gasteiger partial charge in [-0.3, -0.25) is 4.68 Å². The number of hydrogen-bond acceptors (Lipinski definition) is 1. The summed E-state index contributed by atoms with van der Waals surface area (Å²) < 4.78 is 6.46. The molecule has 0 aliphatic rings. The smallest absolute Gasteiger partial charge is 0.0969 e. The van der Waals surface area contributed by atoms with E-state index in [-0.39, 0.29) is 11.1 Å². The van der Waals surface area contributed by atoms with Crippen LogP contribution in [-0.2, 0) is 18.1 Å². The molecule has 0 aliphatic carbocycles. The lowest BCUT2D eigenvalue weighted by atomic mass is 9.94. The Morgan fingerprint density at radius 1 is 0.909 bits per heavy atom. The maximum Gasteiger partial charge on any atom is 0.0969 e. The van der Waals surface area contributed by atoms with Crippen LogP contribution in [0.4, 0.5) is 0 Å². The topological polar surface area (TPSA) is 27.7 Å². The summed E-state index contributed by atoms with van der Waals surface area (Å²) in [7, 11) is 2.11. The molecule has 3 rings (SSSR count). The third-order valence-corrected chi connectivity index (χ3v) is 4.67. The first-order valence-electron chi connectivity index (χ1n) is 7.64. The predicted octanol–water partition coefficient (Wildman–Crippen LogP) is 3.59. The lowest BCUT2D eigenvalue weighted by Gasteiger charge is -2.27. The second kappa shape index (κ2) is 4.90. The van der Waals surface area contributed by atoms with Gasteiger partial charge in [0.25, 0.3) is 0 Å². The largest absolute Gasteiger partial charge is 0.352 e. The average Bonchev–Trinajstić information content (AvgIpc) is 3.20. The van der Waals surface area contributed by atoms with Gasteiger partial charge in [-0.15, -0.1) is 0 Å². The van der Waals surface area contributed by atoms with Crippen molar-refractivity contribution in [3.05, 3.63) is 66.5 Å². The molecule has 3 heterocycles. The van der Waals surface area contributed by atoms with Crippen molar-refractivity contribution in [3.63, 3.8) is 0 Å². The van der Waals surface area contributed by atoms with Gasteiger partial charge in [-0.05, 0) is 57.5 Å². The molecule has 0 amide bonds. The molecule has 3 aromatic heterocycles. The quantitative estimate of drug-likeness (QED) is 0.723. The van der Waals surface area contributed by atoms with Crippen LogP contribution in [0.25, 0.3) is 0 Å². The fourth-order valence-corrected chi connectivity index (χ4v) is 3.08. The Hall–Kier alpha value is -2.23. The van der Waals surface area contributed by atoms with E-state index in [0.29, 0.717) is 0 Å². The molecular weight excluding hydrogens is 272 g/mol. The molecule has 0 N–H and O–H groups in total. The van der Waals surface area contributed by atoms with Gasteiger partial charge in [0, 0.05) is 43.7 Å². The third-order valence-electron chi connectivity index (χ3n) is 4.67. The van der Waals surface area contributed by atoms with E-state index in [4.69, 9.17) is 0 Å². The van der Waals surface area contributed by atoms with E-state index >= 15 is 0 Å². The van der Waals surface area contributed by atoms with Gasteiger partial charge in [-0.2, -0.15) is 5.10 Å². The van der Waals surface area contributed by atoms with Gasteiger partial charge in [0.05, 0.1) is 11.1 Å². The Kier molecular flexibility index (Phi) is 3.28. The van der Waals surface area contributed by atoms with Gasteiger partial charge in [-0.25, -0.2) is 0 Å². The van der Waals surface area contributed by atoms with Crippen molar-refractivity contribution in [2.75, 3.05) is 0 Å². The summed E-state index contributed by atoms with van der Waals surface area (Å²) in [6, 6.07) is 8.40. The van der Waals surface area contributed by atoms with Crippen LogP contribution < -0.4 is 0 Å². The minimum Gasteiger partial charge on any atom is -0.352 e. The molecule has 4 nitrogen and oxygen atoms in total. The fourth-order valence-electron chi connectivity index (χ4n) is 3.08. The summed E-state index contributed by atoms with van der Waals surface area (Å²) in [6.07, 6.45) is 10.3. The van der Waals surface area contributed by atoms with E-state index in [9.17, 15) is 0 Å². The fraction of sp³-hybridized carbons (Fsp3) is 0.389. The molecular formula is C18H24N4. The molecule has 0 unspecified atom stereocenters. The van der Waals surface area contributed by atoms with Crippen molar-refractivity contribution < 1.29 is 0 Å². The zero-order chi connectivity index (χ0) is 16.0. The van der Waals surface area contributed by atoms with Crippen LogP contribution >= 0.6 is 0 Å². The molecule has 4 heteroatoms. The van der Waals surface area contributed by atoms with E-state index in [1.165, 1.54) is 11.3 Å². The molecule has 0 saturated carbocycles. The lowest BCUT2D eigenvalue weighted by molar-refractivity contribution is 0.370. The molecule has 3 aromatic rings. The first-order valence-corrected chi connectivity index (χ1v) is 7.64. The van der Waals surface area contributed by atoms with Crippen molar-refractivity contribution in [3.8, 4) is 0 Å². The van der Waals surface area contributed by atoms with Gasteiger partial charge in [0.15, 0.2) is 0 Å². The molecule has 116 valence electrons. The normalized spacial score (nSPS) is 12.8. The SMILES string of the molecule is Cn1cc(C(C)(C)n2cccc2)cc1C(C)(C)n1cccn1. The van der Waals surface area contributed by atoms with Crippen LogP contribution in [-0.4, -0.2) is 18.9 Å². The molecule has 0 radical (unpaired) electrons.